The summed E-state index contributed by atoms with van der Waals surface area (Å²) in [4.78, 5) is 40.9. The van der Waals surface area contributed by atoms with Crippen LogP contribution in [-0.2, 0) is 32.3 Å². The highest BCUT2D eigenvalue weighted by Crippen LogP contribution is 2.33. The average molecular weight is 640 g/mol. The lowest BCUT2D eigenvalue weighted by Gasteiger charge is -2.37. The maximum atomic E-state index is 13.4. The molecule has 1 atom stereocenters. The van der Waals surface area contributed by atoms with E-state index in [-0.39, 0.29) is 28.9 Å². The number of aryl methyl sites for hydroxylation is 1. The molecule has 3 aliphatic heterocycles. The Morgan fingerprint density at radius 2 is 1.81 bits per heavy atom. The number of halogens is 2. The van der Waals surface area contributed by atoms with E-state index in [0.29, 0.717) is 73.7 Å². The summed E-state index contributed by atoms with van der Waals surface area (Å²) in [5.41, 5.74) is 0.609. The second kappa shape index (κ2) is 12.0. The molecule has 0 saturated carbocycles. The van der Waals surface area contributed by atoms with Crippen LogP contribution < -0.4 is 10.2 Å². The maximum absolute atomic E-state index is 13.4. The zero-order valence-electron chi connectivity index (χ0n) is 24.0. The van der Waals surface area contributed by atoms with Crippen molar-refractivity contribution in [3.63, 3.8) is 0 Å². The largest absolute Gasteiger partial charge is 0.444 e. The second-order valence-electron chi connectivity index (χ2n) is 11.8. The molecule has 2 fully saturated rings. The van der Waals surface area contributed by atoms with Crippen molar-refractivity contribution < 1.29 is 22.7 Å². The fraction of sp³-hybridized carbons (Fsp3) is 0.571. The molecule has 1 N–H and O–H groups in total. The Morgan fingerprint density at radius 3 is 2.50 bits per heavy atom. The Labute approximate surface area is 256 Å². The average Bonchev–Trinajstić information content (AvgIpc) is 3.41. The number of fused-ring (bicyclic) bond motifs is 1. The molecule has 4 heterocycles. The normalized spacial score (nSPS) is 20.3. The molecule has 14 heteroatoms. The van der Waals surface area contributed by atoms with Gasteiger partial charge in [-0.1, -0.05) is 29.3 Å². The molecule has 2 amide bonds. The van der Waals surface area contributed by atoms with Gasteiger partial charge in [0.15, 0.2) is 15.7 Å². The van der Waals surface area contributed by atoms with Crippen molar-refractivity contribution in [2.45, 2.75) is 69.5 Å². The predicted molar refractivity (Wildman–Crippen MR) is 161 cm³/mol. The van der Waals surface area contributed by atoms with Gasteiger partial charge in [-0.25, -0.2) is 18.2 Å². The molecule has 5 rings (SSSR count). The molecule has 1 aromatic heterocycles. The van der Waals surface area contributed by atoms with Gasteiger partial charge in [-0.3, -0.25) is 9.69 Å². The highest BCUT2D eigenvalue weighted by Gasteiger charge is 2.40. The van der Waals surface area contributed by atoms with E-state index in [1.807, 2.05) is 25.7 Å². The number of likely N-dealkylation sites (tertiary alicyclic amines) is 1. The number of hydrogen-bond donors (Lipinski definition) is 1. The number of piperazine rings is 1. The summed E-state index contributed by atoms with van der Waals surface area (Å²) in [6, 6.07) is 4.61. The predicted octanol–water partition coefficient (Wildman–Crippen LogP) is 4.16. The van der Waals surface area contributed by atoms with E-state index < -0.39 is 27.6 Å². The number of hydrogen-bond acceptors (Lipinski definition) is 9. The van der Waals surface area contributed by atoms with Gasteiger partial charge >= 0.3 is 6.09 Å². The first-order valence-electron chi connectivity index (χ1n) is 14.2. The van der Waals surface area contributed by atoms with Crippen LogP contribution in [0.1, 0.15) is 51.3 Å². The number of rotatable bonds is 5. The van der Waals surface area contributed by atoms with Gasteiger partial charge in [-0.05, 0) is 64.2 Å². The van der Waals surface area contributed by atoms with Gasteiger partial charge in [0.1, 0.15) is 16.5 Å². The van der Waals surface area contributed by atoms with E-state index in [4.69, 9.17) is 27.9 Å². The molecular formula is C28H36Cl2N6O5S. The summed E-state index contributed by atoms with van der Waals surface area (Å²) in [6.07, 6.45) is 1.91. The van der Waals surface area contributed by atoms with Gasteiger partial charge in [0.2, 0.25) is 11.9 Å². The number of nitrogens with zero attached hydrogens (tertiary/aromatic N) is 5. The summed E-state index contributed by atoms with van der Waals surface area (Å²) in [5.74, 6) is 0.621. The van der Waals surface area contributed by atoms with E-state index in [0.717, 1.165) is 12.0 Å². The zero-order chi connectivity index (χ0) is 30.2. The molecule has 2 saturated heterocycles. The molecule has 11 nitrogen and oxygen atoms in total. The van der Waals surface area contributed by atoms with Crippen molar-refractivity contribution in [3.8, 4) is 0 Å². The second-order valence-corrected chi connectivity index (χ2v) is 14.7. The fourth-order valence-corrected chi connectivity index (χ4v) is 7.64. The number of amides is 2. The van der Waals surface area contributed by atoms with Crippen molar-refractivity contribution in [2.24, 2.45) is 0 Å². The minimum atomic E-state index is -3.55. The summed E-state index contributed by atoms with van der Waals surface area (Å²) in [5, 5.41) is 4.16. The number of carbonyl (C=O) groups is 2. The van der Waals surface area contributed by atoms with Crippen molar-refractivity contribution in [3.05, 3.63) is 39.5 Å². The smallest absolute Gasteiger partial charge is 0.410 e. The highest BCUT2D eigenvalue weighted by atomic mass is 35.5. The standard InChI is InChI=1S/C28H36Cl2N6O5S/c1-28(2,3)41-27(38)36-10-4-7-22(36)25(37)34-11-13-35(14-12-34)26-32-21-6-5-15-42(39,40)23(21)24(33-26)31-17-18-8-9-19(29)16-20(18)30/h8-9,16,22H,4-7,10-15,17H2,1-3H3,(H,31,32,33). The Morgan fingerprint density at radius 1 is 1.07 bits per heavy atom. The third-order valence-electron chi connectivity index (χ3n) is 7.56. The molecule has 0 spiro atoms. The molecule has 1 unspecified atom stereocenters. The van der Waals surface area contributed by atoms with Gasteiger partial charge in [-0.15, -0.1) is 0 Å². The van der Waals surface area contributed by atoms with Crippen LogP contribution in [0.15, 0.2) is 23.1 Å². The fourth-order valence-electron chi connectivity index (χ4n) is 5.52. The highest BCUT2D eigenvalue weighted by molar-refractivity contribution is 7.91. The monoisotopic (exact) mass is 638 g/mol. The number of ether oxygens (including phenoxy) is 1. The summed E-state index contributed by atoms with van der Waals surface area (Å²) < 4.78 is 31.6. The lowest BCUT2D eigenvalue weighted by atomic mass is 10.1. The molecule has 228 valence electrons. The third kappa shape index (κ3) is 6.70. The van der Waals surface area contributed by atoms with Crippen LogP contribution in [0.3, 0.4) is 0 Å². The SMILES string of the molecule is CC(C)(C)OC(=O)N1CCCC1C(=O)N1CCN(c2nc3c(c(NCc4ccc(Cl)cc4Cl)n2)S(=O)(=O)CCC3)CC1. The van der Waals surface area contributed by atoms with Crippen LogP contribution in [0.2, 0.25) is 10.0 Å². The number of aromatic nitrogens is 2. The zero-order valence-corrected chi connectivity index (χ0v) is 26.4. The van der Waals surface area contributed by atoms with Crippen LogP contribution in [0.4, 0.5) is 16.6 Å². The third-order valence-corrected chi connectivity index (χ3v) is 10.0. The van der Waals surface area contributed by atoms with Crippen LogP contribution in [-0.4, -0.2) is 90.3 Å². The molecule has 42 heavy (non-hydrogen) atoms. The number of nitrogens with one attached hydrogen (secondary N) is 1. The van der Waals surface area contributed by atoms with Crippen LogP contribution in [0, 0.1) is 0 Å². The van der Waals surface area contributed by atoms with E-state index in [2.05, 4.69) is 15.3 Å². The number of carbonyl (C=O) groups excluding carboxylic acids is 2. The van der Waals surface area contributed by atoms with Gasteiger partial charge in [0.25, 0.3) is 0 Å². The Balaban J connectivity index is 1.31. The van der Waals surface area contributed by atoms with Gasteiger partial charge in [0, 0.05) is 49.3 Å². The summed E-state index contributed by atoms with van der Waals surface area (Å²) in [7, 11) is -3.55. The molecule has 0 bridgehead atoms. The van der Waals surface area contributed by atoms with E-state index in [1.54, 1.807) is 23.1 Å². The molecule has 3 aliphatic rings. The number of sulfone groups is 1. The first kappa shape index (κ1) is 30.6. The topological polar surface area (TPSA) is 125 Å². The molecule has 1 aromatic carbocycles. The lowest BCUT2D eigenvalue weighted by molar-refractivity contribution is -0.136. The Bertz CT molecular complexity index is 1470. The van der Waals surface area contributed by atoms with Crippen molar-refractivity contribution in [2.75, 3.05) is 48.7 Å². The van der Waals surface area contributed by atoms with E-state index in [9.17, 15) is 18.0 Å². The van der Waals surface area contributed by atoms with Gasteiger partial charge in [-0.2, -0.15) is 4.98 Å². The summed E-state index contributed by atoms with van der Waals surface area (Å²) in [6.45, 7) is 7.98. The van der Waals surface area contributed by atoms with E-state index in [1.165, 1.54) is 4.90 Å². The Hall–Kier alpha value is -2.83. The van der Waals surface area contributed by atoms with Gasteiger partial charge in [0.05, 0.1) is 11.4 Å². The number of benzene rings is 1. The van der Waals surface area contributed by atoms with Crippen LogP contribution >= 0.6 is 23.2 Å². The van der Waals surface area contributed by atoms with E-state index >= 15 is 0 Å². The Kier molecular flexibility index (Phi) is 8.78. The lowest BCUT2D eigenvalue weighted by Crippen LogP contribution is -2.55. The van der Waals surface area contributed by atoms with Crippen molar-refractivity contribution in [1.29, 1.82) is 0 Å². The first-order chi connectivity index (χ1) is 19.8. The minimum absolute atomic E-state index is 0.0430. The van der Waals surface area contributed by atoms with Crippen molar-refractivity contribution in [1.82, 2.24) is 19.8 Å². The summed E-state index contributed by atoms with van der Waals surface area (Å²) >= 11 is 12.4. The van der Waals surface area contributed by atoms with Crippen molar-refractivity contribution >= 4 is 56.8 Å². The number of anilines is 2. The first-order valence-corrected chi connectivity index (χ1v) is 16.6. The quantitative estimate of drug-likeness (QED) is 0.514. The van der Waals surface area contributed by atoms with Crippen LogP contribution in [0.25, 0.3) is 0 Å². The minimum Gasteiger partial charge on any atom is -0.444 e. The maximum Gasteiger partial charge on any atom is 0.410 e. The molecule has 2 aromatic rings. The molecular weight excluding hydrogens is 603 g/mol. The van der Waals surface area contributed by atoms with Crippen LogP contribution in [0.5, 0.6) is 0 Å². The molecule has 0 radical (unpaired) electrons. The molecule has 0 aliphatic carbocycles. The van der Waals surface area contributed by atoms with Gasteiger partial charge < -0.3 is 19.9 Å².